The SMILES string of the molecule is O=C(NC(c1ccc(C(F)(F)F)cc1F)C1CC1)[C@H]1C[C@H](F)CN1C(=O)c1cccc(C2(F)COC2)c1. The lowest BCUT2D eigenvalue weighted by molar-refractivity contribution is -0.137. The number of hydrogen-bond acceptors (Lipinski definition) is 3. The Bertz CT molecular complexity index is 1210. The van der Waals surface area contributed by atoms with E-state index in [-0.39, 0.29) is 48.8 Å². The van der Waals surface area contributed by atoms with E-state index >= 15 is 0 Å². The molecule has 3 fully saturated rings. The first-order chi connectivity index (χ1) is 17.5. The molecular weight excluding hydrogens is 502 g/mol. The fraction of sp³-hybridized carbons (Fsp3) is 0.462. The van der Waals surface area contributed by atoms with Gasteiger partial charge in [0.25, 0.3) is 5.91 Å². The van der Waals surface area contributed by atoms with Gasteiger partial charge in [0.1, 0.15) is 18.0 Å². The third-order valence-electron chi connectivity index (χ3n) is 7.16. The molecule has 2 saturated heterocycles. The lowest BCUT2D eigenvalue weighted by atomic mass is 9.92. The van der Waals surface area contributed by atoms with E-state index in [1.165, 1.54) is 24.3 Å². The molecule has 0 aromatic heterocycles. The number of carbonyl (C=O) groups excluding carboxylic acids is 2. The van der Waals surface area contributed by atoms with Crippen molar-refractivity contribution in [2.75, 3.05) is 19.8 Å². The number of rotatable bonds is 6. The van der Waals surface area contributed by atoms with Crippen molar-refractivity contribution in [1.29, 1.82) is 0 Å². The van der Waals surface area contributed by atoms with Gasteiger partial charge in [-0.3, -0.25) is 9.59 Å². The minimum absolute atomic E-state index is 0.0841. The molecule has 2 aromatic rings. The molecular formula is C26H24F6N2O3. The molecule has 5 rings (SSSR count). The fourth-order valence-corrected chi connectivity index (χ4v) is 4.89. The van der Waals surface area contributed by atoms with Crippen molar-refractivity contribution in [3.8, 4) is 0 Å². The van der Waals surface area contributed by atoms with E-state index in [4.69, 9.17) is 4.74 Å². The molecule has 5 nitrogen and oxygen atoms in total. The van der Waals surface area contributed by atoms with Crippen LogP contribution in [-0.2, 0) is 21.4 Å². The van der Waals surface area contributed by atoms with Gasteiger partial charge in [-0.1, -0.05) is 18.2 Å². The van der Waals surface area contributed by atoms with Gasteiger partial charge in [-0.05, 0) is 48.6 Å². The molecule has 1 unspecified atom stereocenters. The van der Waals surface area contributed by atoms with Gasteiger partial charge in [0.05, 0.1) is 31.4 Å². The summed E-state index contributed by atoms with van der Waals surface area (Å²) in [6.45, 7) is -0.641. The molecule has 2 amide bonds. The van der Waals surface area contributed by atoms with Crippen LogP contribution in [0.5, 0.6) is 0 Å². The molecule has 1 saturated carbocycles. The van der Waals surface area contributed by atoms with Crippen LogP contribution in [0.4, 0.5) is 26.3 Å². The molecule has 1 N–H and O–H groups in total. The number of amides is 2. The van der Waals surface area contributed by atoms with Crippen LogP contribution in [0.2, 0.25) is 0 Å². The standard InChI is InChI=1S/C26H24F6N2O3/c27-18-10-21(34(11-18)24(36)15-2-1-3-16(8-15)25(29)12-37-13-25)23(35)33-22(14-4-5-14)19-7-6-17(9-20(19)28)26(30,31)32/h1-3,6-9,14,18,21-22H,4-5,10-13H2,(H,33,35)/t18-,21+,22?/m0/s1. The molecule has 3 atom stereocenters. The van der Waals surface area contributed by atoms with Gasteiger partial charge < -0.3 is 15.0 Å². The Balaban J connectivity index is 1.35. The highest BCUT2D eigenvalue weighted by Gasteiger charge is 2.44. The second kappa shape index (κ2) is 9.34. The van der Waals surface area contributed by atoms with Gasteiger partial charge in [-0.15, -0.1) is 0 Å². The highest BCUT2D eigenvalue weighted by atomic mass is 19.4. The van der Waals surface area contributed by atoms with E-state index in [0.29, 0.717) is 18.9 Å². The summed E-state index contributed by atoms with van der Waals surface area (Å²) in [5.74, 6) is -2.68. The van der Waals surface area contributed by atoms with E-state index in [1.807, 2.05) is 0 Å². The Labute approximate surface area is 208 Å². The van der Waals surface area contributed by atoms with Crippen molar-refractivity contribution in [2.24, 2.45) is 5.92 Å². The number of likely N-dealkylation sites (tertiary alicyclic amines) is 1. The third-order valence-corrected chi connectivity index (χ3v) is 7.16. The summed E-state index contributed by atoms with van der Waals surface area (Å²) >= 11 is 0. The van der Waals surface area contributed by atoms with Gasteiger partial charge in [0.2, 0.25) is 5.91 Å². The average Bonchev–Trinajstić information content (AvgIpc) is 3.60. The van der Waals surface area contributed by atoms with Gasteiger partial charge >= 0.3 is 6.18 Å². The molecule has 198 valence electrons. The maximum Gasteiger partial charge on any atom is 0.416 e. The van der Waals surface area contributed by atoms with Crippen LogP contribution in [-0.4, -0.2) is 48.7 Å². The Hall–Kier alpha value is -3.08. The van der Waals surface area contributed by atoms with E-state index in [0.717, 1.165) is 17.0 Å². The number of ether oxygens (including phenoxy) is 1. The third kappa shape index (κ3) is 5.05. The summed E-state index contributed by atoms with van der Waals surface area (Å²) in [5.41, 5.74) is -2.63. The molecule has 2 aliphatic heterocycles. The van der Waals surface area contributed by atoms with Crippen LogP contribution < -0.4 is 5.32 Å². The largest absolute Gasteiger partial charge is 0.416 e. The quantitative estimate of drug-likeness (QED) is 0.548. The van der Waals surface area contributed by atoms with Gasteiger partial charge in [-0.2, -0.15) is 13.2 Å². The maximum atomic E-state index is 14.8. The second-order valence-corrected chi connectivity index (χ2v) is 9.90. The van der Waals surface area contributed by atoms with Crippen molar-refractivity contribution >= 4 is 11.8 Å². The number of carbonyl (C=O) groups is 2. The summed E-state index contributed by atoms with van der Waals surface area (Å²) in [7, 11) is 0. The summed E-state index contributed by atoms with van der Waals surface area (Å²) in [5, 5.41) is 2.65. The fourth-order valence-electron chi connectivity index (χ4n) is 4.89. The second-order valence-electron chi connectivity index (χ2n) is 9.90. The monoisotopic (exact) mass is 526 g/mol. The number of nitrogens with one attached hydrogen (secondary N) is 1. The minimum Gasteiger partial charge on any atom is -0.374 e. The topological polar surface area (TPSA) is 58.6 Å². The number of nitrogens with zero attached hydrogens (tertiary/aromatic N) is 1. The normalized spacial score (nSPS) is 23.9. The number of halogens is 6. The highest BCUT2D eigenvalue weighted by Crippen LogP contribution is 2.43. The van der Waals surface area contributed by atoms with Gasteiger partial charge in [-0.25, -0.2) is 13.2 Å². The number of benzene rings is 2. The first-order valence-corrected chi connectivity index (χ1v) is 12.0. The lowest BCUT2D eigenvalue weighted by Gasteiger charge is -2.34. The van der Waals surface area contributed by atoms with E-state index in [1.54, 1.807) is 0 Å². The van der Waals surface area contributed by atoms with Crippen molar-refractivity contribution in [2.45, 2.75) is 49.4 Å². The van der Waals surface area contributed by atoms with E-state index in [2.05, 4.69) is 5.32 Å². The smallest absolute Gasteiger partial charge is 0.374 e. The molecule has 2 heterocycles. The molecule has 3 aliphatic rings. The van der Waals surface area contributed by atoms with Crippen LogP contribution in [0.1, 0.15) is 52.4 Å². The van der Waals surface area contributed by atoms with Crippen molar-refractivity contribution in [3.63, 3.8) is 0 Å². The maximum absolute atomic E-state index is 14.8. The predicted molar refractivity (Wildman–Crippen MR) is 119 cm³/mol. The van der Waals surface area contributed by atoms with Crippen LogP contribution in [0.25, 0.3) is 0 Å². The Morgan fingerprint density at radius 3 is 2.43 bits per heavy atom. The minimum atomic E-state index is -4.72. The molecule has 0 spiro atoms. The summed E-state index contributed by atoms with van der Waals surface area (Å²) in [6, 6.07) is 5.82. The van der Waals surface area contributed by atoms with Gasteiger partial charge in [0, 0.05) is 17.5 Å². The van der Waals surface area contributed by atoms with Gasteiger partial charge in [0.15, 0.2) is 5.67 Å². The first-order valence-electron chi connectivity index (χ1n) is 12.0. The Kier molecular flexibility index (Phi) is 6.45. The first kappa shape index (κ1) is 25.6. The zero-order valence-corrected chi connectivity index (χ0v) is 19.5. The lowest BCUT2D eigenvalue weighted by Crippen LogP contribution is -2.47. The predicted octanol–water partition coefficient (Wildman–Crippen LogP) is 4.86. The van der Waals surface area contributed by atoms with Crippen molar-refractivity contribution in [3.05, 3.63) is 70.5 Å². The molecule has 0 radical (unpaired) electrons. The van der Waals surface area contributed by atoms with Crippen LogP contribution in [0.15, 0.2) is 42.5 Å². The summed E-state index contributed by atoms with van der Waals surface area (Å²) < 4.78 is 87.7. The molecule has 1 aliphatic carbocycles. The number of alkyl halides is 5. The summed E-state index contributed by atoms with van der Waals surface area (Å²) in [6.07, 6.45) is -5.23. The van der Waals surface area contributed by atoms with E-state index in [9.17, 15) is 35.9 Å². The highest BCUT2D eigenvalue weighted by molar-refractivity contribution is 5.98. The van der Waals surface area contributed by atoms with Crippen molar-refractivity contribution in [1.82, 2.24) is 10.2 Å². The molecule has 37 heavy (non-hydrogen) atoms. The van der Waals surface area contributed by atoms with Crippen LogP contribution >= 0.6 is 0 Å². The van der Waals surface area contributed by atoms with Crippen molar-refractivity contribution < 1.29 is 40.7 Å². The molecule has 2 aromatic carbocycles. The van der Waals surface area contributed by atoms with Crippen LogP contribution in [0, 0.1) is 11.7 Å². The summed E-state index contributed by atoms with van der Waals surface area (Å²) in [4.78, 5) is 27.5. The van der Waals surface area contributed by atoms with Crippen LogP contribution in [0.3, 0.4) is 0 Å². The Morgan fingerprint density at radius 2 is 1.84 bits per heavy atom. The molecule has 0 bridgehead atoms. The zero-order chi connectivity index (χ0) is 26.5. The average molecular weight is 526 g/mol. The zero-order valence-electron chi connectivity index (χ0n) is 19.5. The Morgan fingerprint density at radius 1 is 1.11 bits per heavy atom. The number of hydrogen-bond donors (Lipinski definition) is 1. The van der Waals surface area contributed by atoms with E-state index < -0.39 is 53.3 Å². The molecule has 11 heteroatoms.